The first-order chi connectivity index (χ1) is 12.7. The minimum absolute atomic E-state index is 0.0772. The summed E-state index contributed by atoms with van der Waals surface area (Å²) in [6.07, 6.45) is 3.28. The molecule has 0 heterocycles. The Balaban J connectivity index is 1.38. The molecule has 2 atom stereocenters. The van der Waals surface area contributed by atoms with Crippen molar-refractivity contribution >= 4 is 6.09 Å². The summed E-state index contributed by atoms with van der Waals surface area (Å²) in [6.45, 7) is 0.810. The summed E-state index contributed by atoms with van der Waals surface area (Å²) < 4.78 is 5.53. The second-order valence-electron chi connectivity index (χ2n) is 7.32. The molecule has 0 radical (unpaired) electrons. The number of benzene rings is 2. The number of aliphatic hydroxyl groups excluding tert-OH is 1. The van der Waals surface area contributed by atoms with Gasteiger partial charge in [0, 0.05) is 18.4 Å². The zero-order valence-electron chi connectivity index (χ0n) is 14.9. The van der Waals surface area contributed by atoms with Crippen LogP contribution >= 0.6 is 0 Å². The lowest BCUT2D eigenvalue weighted by Gasteiger charge is -2.27. The molecule has 2 aliphatic carbocycles. The number of amides is 1. The van der Waals surface area contributed by atoms with E-state index in [9.17, 15) is 9.90 Å². The molecular formula is C22H25NO3. The van der Waals surface area contributed by atoms with E-state index in [1.807, 2.05) is 24.3 Å². The first kappa shape index (κ1) is 17.1. The third kappa shape index (κ3) is 3.34. The third-order valence-electron chi connectivity index (χ3n) is 5.72. The predicted octanol–water partition coefficient (Wildman–Crippen LogP) is 4.08. The Hall–Kier alpha value is -2.33. The number of alkyl carbamates (subject to hydrolysis) is 1. The average molecular weight is 351 g/mol. The van der Waals surface area contributed by atoms with Crippen molar-refractivity contribution in [2.24, 2.45) is 5.92 Å². The highest BCUT2D eigenvalue weighted by molar-refractivity contribution is 5.79. The highest BCUT2D eigenvalue weighted by Crippen LogP contribution is 2.44. The lowest BCUT2D eigenvalue weighted by molar-refractivity contribution is 0.0676. The molecule has 2 aromatic rings. The van der Waals surface area contributed by atoms with E-state index >= 15 is 0 Å². The van der Waals surface area contributed by atoms with E-state index in [1.165, 1.54) is 22.3 Å². The summed E-state index contributed by atoms with van der Waals surface area (Å²) in [4.78, 5) is 12.2. The molecule has 2 N–H and O–H groups in total. The molecule has 26 heavy (non-hydrogen) atoms. The average Bonchev–Trinajstić information content (AvgIpc) is 3.00. The van der Waals surface area contributed by atoms with Crippen molar-refractivity contribution in [3.63, 3.8) is 0 Å². The van der Waals surface area contributed by atoms with Crippen LogP contribution in [0.5, 0.6) is 0 Å². The van der Waals surface area contributed by atoms with Crippen molar-refractivity contribution in [3.05, 3.63) is 59.7 Å². The quantitative estimate of drug-likeness (QED) is 0.873. The number of fused-ring (bicyclic) bond motifs is 3. The molecule has 0 spiro atoms. The largest absolute Gasteiger partial charge is 0.449 e. The summed E-state index contributed by atoms with van der Waals surface area (Å²) >= 11 is 0. The number of hydrogen-bond acceptors (Lipinski definition) is 3. The Morgan fingerprint density at radius 1 is 1.00 bits per heavy atom. The van der Waals surface area contributed by atoms with Crippen molar-refractivity contribution < 1.29 is 14.6 Å². The summed E-state index contributed by atoms with van der Waals surface area (Å²) in [7, 11) is 0. The van der Waals surface area contributed by atoms with Crippen LogP contribution in [0.4, 0.5) is 4.79 Å². The topological polar surface area (TPSA) is 58.6 Å². The van der Waals surface area contributed by atoms with Gasteiger partial charge in [0.25, 0.3) is 0 Å². The van der Waals surface area contributed by atoms with Crippen LogP contribution in [0.1, 0.15) is 42.7 Å². The monoisotopic (exact) mass is 351 g/mol. The Bertz CT molecular complexity index is 743. The summed E-state index contributed by atoms with van der Waals surface area (Å²) in [5.41, 5.74) is 4.87. The molecule has 0 aromatic heterocycles. The molecule has 136 valence electrons. The Labute approximate surface area is 154 Å². The van der Waals surface area contributed by atoms with Crippen molar-refractivity contribution in [2.75, 3.05) is 13.2 Å². The van der Waals surface area contributed by atoms with Gasteiger partial charge in [0.2, 0.25) is 0 Å². The van der Waals surface area contributed by atoms with Crippen molar-refractivity contribution in [1.82, 2.24) is 5.32 Å². The van der Waals surface area contributed by atoms with Gasteiger partial charge in [-0.15, -0.1) is 0 Å². The summed E-state index contributed by atoms with van der Waals surface area (Å²) in [5, 5.41) is 12.8. The van der Waals surface area contributed by atoms with Gasteiger partial charge < -0.3 is 15.2 Å². The second-order valence-corrected chi connectivity index (χ2v) is 7.32. The van der Waals surface area contributed by atoms with Crippen LogP contribution in [0.2, 0.25) is 0 Å². The standard InChI is InChI=1S/C22H25NO3/c24-21-12-6-1-7-15(21)13-23-22(25)26-14-20-18-10-4-2-8-16(18)17-9-3-5-11-19(17)20/h2-5,8-11,15,20-21,24H,1,6-7,12-14H2,(H,23,25)/t15-,21+/m1/s1. The van der Waals surface area contributed by atoms with Crippen molar-refractivity contribution in [3.8, 4) is 11.1 Å². The molecule has 1 amide bonds. The maximum absolute atomic E-state index is 12.2. The van der Waals surface area contributed by atoms with Gasteiger partial charge in [-0.25, -0.2) is 4.79 Å². The van der Waals surface area contributed by atoms with E-state index in [2.05, 4.69) is 29.6 Å². The van der Waals surface area contributed by atoms with Crippen LogP contribution in [0.15, 0.2) is 48.5 Å². The fraction of sp³-hybridized carbons (Fsp3) is 0.409. The molecule has 0 saturated heterocycles. The van der Waals surface area contributed by atoms with E-state index in [1.54, 1.807) is 0 Å². The minimum atomic E-state index is -0.398. The molecule has 2 aromatic carbocycles. The lowest BCUT2D eigenvalue weighted by atomic mass is 9.86. The van der Waals surface area contributed by atoms with E-state index < -0.39 is 6.09 Å². The van der Waals surface area contributed by atoms with E-state index in [0.717, 1.165) is 25.7 Å². The third-order valence-corrected chi connectivity index (χ3v) is 5.72. The molecule has 0 bridgehead atoms. The van der Waals surface area contributed by atoms with Crippen molar-refractivity contribution in [2.45, 2.75) is 37.7 Å². The van der Waals surface area contributed by atoms with Gasteiger partial charge in [-0.05, 0) is 35.1 Å². The molecule has 0 unspecified atom stereocenters. The zero-order valence-corrected chi connectivity index (χ0v) is 14.9. The fourth-order valence-corrected chi connectivity index (χ4v) is 4.29. The fourth-order valence-electron chi connectivity index (χ4n) is 4.29. The van der Waals surface area contributed by atoms with E-state index in [0.29, 0.717) is 13.2 Å². The van der Waals surface area contributed by atoms with Crippen LogP contribution in [0.25, 0.3) is 11.1 Å². The highest BCUT2D eigenvalue weighted by atomic mass is 16.5. The molecule has 2 aliphatic rings. The van der Waals surface area contributed by atoms with Gasteiger partial charge in [-0.3, -0.25) is 0 Å². The van der Waals surface area contributed by atoms with Gasteiger partial charge >= 0.3 is 6.09 Å². The Kier molecular flexibility index (Phi) is 4.93. The zero-order chi connectivity index (χ0) is 17.9. The Morgan fingerprint density at radius 3 is 2.27 bits per heavy atom. The van der Waals surface area contributed by atoms with Crippen LogP contribution in [0, 0.1) is 5.92 Å². The van der Waals surface area contributed by atoms with E-state index in [-0.39, 0.29) is 17.9 Å². The van der Waals surface area contributed by atoms with Gasteiger partial charge in [-0.2, -0.15) is 0 Å². The number of hydrogen-bond donors (Lipinski definition) is 2. The van der Waals surface area contributed by atoms with Crippen LogP contribution in [-0.4, -0.2) is 30.5 Å². The van der Waals surface area contributed by atoms with Gasteiger partial charge in [0.1, 0.15) is 6.61 Å². The van der Waals surface area contributed by atoms with E-state index in [4.69, 9.17) is 4.74 Å². The molecule has 1 saturated carbocycles. The second kappa shape index (κ2) is 7.50. The number of nitrogens with one attached hydrogen (secondary N) is 1. The van der Waals surface area contributed by atoms with Crippen LogP contribution < -0.4 is 5.32 Å². The van der Waals surface area contributed by atoms with Gasteiger partial charge in [0.15, 0.2) is 0 Å². The number of aliphatic hydroxyl groups is 1. The van der Waals surface area contributed by atoms with Crippen molar-refractivity contribution in [1.29, 1.82) is 0 Å². The molecule has 4 rings (SSSR count). The number of carbonyl (C=O) groups excluding carboxylic acids is 1. The maximum atomic E-state index is 12.2. The predicted molar refractivity (Wildman–Crippen MR) is 101 cm³/mol. The lowest BCUT2D eigenvalue weighted by Crippen LogP contribution is -2.37. The first-order valence-electron chi connectivity index (χ1n) is 9.51. The smallest absolute Gasteiger partial charge is 0.407 e. The number of carbonyl (C=O) groups is 1. The normalized spacial score (nSPS) is 21.7. The maximum Gasteiger partial charge on any atom is 0.407 e. The SMILES string of the molecule is O=C(NC[C@H]1CCCC[C@@H]1O)OCC1c2ccccc2-c2ccccc21. The summed E-state index contributed by atoms with van der Waals surface area (Å²) in [6, 6.07) is 16.6. The molecule has 4 heteroatoms. The highest BCUT2D eigenvalue weighted by Gasteiger charge is 2.29. The number of ether oxygens (including phenoxy) is 1. The minimum Gasteiger partial charge on any atom is -0.449 e. The number of rotatable bonds is 4. The first-order valence-corrected chi connectivity index (χ1v) is 9.51. The van der Waals surface area contributed by atoms with Gasteiger partial charge in [0.05, 0.1) is 6.10 Å². The molecular weight excluding hydrogens is 326 g/mol. The Morgan fingerprint density at radius 2 is 1.62 bits per heavy atom. The molecule has 0 aliphatic heterocycles. The van der Waals surface area contributed by atoms with Crippen LogP contribution in [-0.2, 0) is 4.74 Å². The van der Waals surface area contributed by atoms with Gasteiger partial charge in [-0.1, -0.05) is 61.4 Å². The van der Waals surface area contributed by atoms with Crippen LogP contribution in [0.3, 0.4) is 0 Å². The molecule has 4 nitrogen and oxygen atoms in total. The molecule has 1 fully saturated rings. The summed E-state index contributed by atoms with van der Waals surface area (Å²) in [5.74, 6) is 0.220.